The van der Waals surface area contributed by atoms with Crippen molar-refractivity contribution < 1.29 is 14.4 Å². The normalized spacial score (nSPS) is 24.3. The summed E-state index contributed by atoms with van der Waals surface area (Å²) in [4.78, 5) is 26.0. The minimum atomic E-state index is -0.658. The Hall–Kier alpha value is -1.14. The summed E-state index contributed by atoms with van der Waals surface area (Å²) in [7, 11) is 0. The molecule has 62 valence electrons. The fourth-order valence-corrected chi connectivity index (χ4v) is 0.755. The molecule has 0 saturated carbocycles. The van der Waals surface area contributed by atoms with Gasteiger partial charge in [-0.05, 0) is 0 Å². The first-order valence-corrected chi connectivity index (χ1v) is 3.09. The van der Waals surface area contributed by atoms with Gasteiger partial charge >= 0.3 is 0 Å². The molecule has 0 radical (unpaired) electrons. The van der Waals surface area contributed by atoms with Crippen LogP contribution in [0.2, 0.25) is 0 Å². The van der Waals surface area contributed by atoms with Gasteiger partial charge in [0.15, 0.2) is 0 Å². The molecule has 1 saturated heterocycles. The molecule has 0 aromatic rings. The maximum atomic E-state index is 10.9. The summed E-state index contributed by atoms with van der Waals surface area (Å²) in [5.74, 6) is -1.02. The van der Waals surface area contributed by atoms with Crippen LogP contribution >= 0.6 is 0 Å². The van der Waals surface area contributed by atoms with Crippen molar-refractivity contribution in [3.63, 3.8) is 0 Å². The molecule has 0 unspecified atom stereocenters. The molecule has 0 aromatic heterocycles. The van der Waals surface area contributed by atoms with E-state index in [1.807, 2.05) is 0 Å². The summed E-state index contributed by atoms with van der Waals surface area (Å²) in [6, 6.07) is -0.658. The molecule has 1 heterocycles. The van der Waals surface area contributed by atoms with Gasteiger partial charge in [0.1, 0.15) is 12.6 Å². The first-order chi connectivity index (χ1) is 5.11. The van der Waals surface area contributed by atoms with Crippen molar-refractivity contribution in [2.45, 2.75) is 6.04 Å². The van der Waals surface area contributed by atoms with Gasteiger partial charge in [-0.25, -0.2) is 5.06 Å². The molecule has 0 spiro atoms. The van der Waals surface area contributed by atoms with E-state index >= 15 is 0 Å². The van der Waals surface area contributed by atoms with Crippen LogP contribution in [-0.2, 0) is 14.4 Å². The Kier molecular flexibility index (Phi) is 2.06. The third-order valence-corrected chi connectivity index (χ3v) is 1.27. The van der Waals surface area contributed by atoms with Crippen LogP contribution in [0.25, 0.3) is 0 Å². The molecule has 1 aliphatic heterocycles. The Labute approximate surface area is 63.0 Å². The summed E-state index contributed by atoms with van der Waals surface area (Å²) in [6.45, 7) is -0.112. The largest absolute Gasteiger partial charge is 0.368 e. The van der Waals surface area contributed by atoms with Gasteiger partial charge in [-0.1, -0.05) is 0 Å². The second-order valence-corrected chi connectivity index (χ2v) is 2.24. The van der Waals surface area contributed by atoms with Crippen LogP contribution in [0.3, 0.4) is 0 Å². The highest BCUT2D eigenvalue weighted by atomic mass is 16.7. The van der Waals surface area contributed by atoms with Crippen molar-refractivity contribution in [1.29, 1.82) is 0 Å². The fourth-order valence-electron chi connectivity index (χ4n) is 0.755. The summed E-state index contributed by atoms with van der Waals surface area (Å²) >= 11 is 0. The zero-order valence-electron chi connectivity index (χ0n) is 5.82. The number of primary amides is 1. The predicted molar refractivity (Wildman–Crippen MR) is 34.8 cm³/mol. The standard InChI is InChI=1S/C5H9N3O3/c6-3-2-11-8(5(3)10)1-4(7)9/h3H,1-2,6H2,(H2,7,9)/t3-/m1/s1. The van der Waals surface area contributed by atoms with E-state index in [4.69, 9.17) is 16.3 Å². The Morgan fingerprint density at radius 1 is 1.82 bits per heavy atom. The molecule has 1 fully saturated rings. The van der Waals surface area contributed by atoms with E-state index in [-0.39, 0.29) is 13.2 Å². The second kappa shape index (κ2) is 2.85. The molecule has 6 nitrogen and oxygen atoms in total. The summed E-state index contributed by atoms with van der Waals surface area (Å²) < 4.78 is 0. The Morgan fingerprint density at radius 2 is 2.45 bits per heavy atom. The lowest BCUT2D eigenvalue weighted by Gasteiger charge is -2.10. The topological polar surface area (TPSA) is 98.7 Å². The van der Waals surface area contributed by atoms with Crippen LogP contribution in [0, 0.1) is 0 Å². The van der Waals surface area contributed by atoms with E-state index in [9.17, 15) is 9.59 Å². The number of nitrogens with two attached hydrogens (primary N) is 2. The van der Waals surface area contributed by atoms with E-state index in [0.29, 0.717) is 0 Å². The van der Waals surface area contributed by atoms with Gasteiger partial charge in [0.05, 0.1) is 6.61 Å². The molecule has 0 aliphatic carbocycles. The summed E-state index contributed by atoms with van der Waals surface area (Å²) in [5.41, 5.74) is 10.1. The van der Waals surface area contributed by atoms with E-state index in [2.05, 4.69) is 0 Å². The molecule has 4 N–H and O–H groups in total. The molecular weight excluding hydrogens is 150 g/mol. The number of rotatable bonds is 2. The first kappa shape index (κ1) is 7.96. The Bertz CT molecular complexity index is 193. The quantitative estimate of drug-likeness (QED) is 0.468. The number of hydrogen-bond donors (Lipinski definition) is 2. The van der Waals surface area contributed by atoms with Crippen LogP contribution in [0.5, 0.6) is 0 Å². The van der Waals surface area contributed by atoms with E-state index in [1.165, 1.54) is 0 Å². The van der Waals surface area contributed by atoms with Gasteiger partial charge in [-0.2, -0.15) is 0 Å². The van der Waals surface area contributed by atoms with Gasteiger partial charge in [-0.15, -0.1) is 0 Å². The lowest BCUT2D eigenvalue weighted by molar-refractivity contribution is -0.165. The smallest absolute Gasteiger partial charge is 0.265 e. The van der Waals surface area contributed by atoms with Crippen molar-refractivity contribution in [1.82, 2.24) is 5.06 Å². The first-order valence-electron chi connectivity index (χ1n) is 3.09. The van der Waals surface area contributed by atoms with Gasteiger partial charge in [0.2, 0.25) is 5.91 Å². The molecule has 0 aromatic carbocycles. The predicted octanol–water partition coefficient (Wildman–Crippen LogP) is -2.43. The number of nitrogens with zero attached hydrogens (tertiary/aromatic N) is 1. The lowest BCUT2D eigenvalue weighted by atomic mass is 10.3. The number of hydrogen-bond acceptors (Lipinski definition) is 4. The van der Waals surface area contributed by atoms with Crippen molar-refractivity contribution in [2.75, 3.05) is 13.2 Å². The van der Waals surface area contributed by atoms with Crippen LogP contribution in [0.1, 0.15) is 0 Å². The summed E-state index contributed by atoms with van der Waals surface area (Å²) in [5, 5.41) is 0.882. The Morgan fingerprint density at radius 3 is 2.82 bits per heavy atom. The van der Waals surface area contributed by atoms with E-state index in [0.717, 1.165) is 5.06 Å². The molecule has 6 heteroatoms. The van der Waals surface area contributed by atoms with Crippen molar-refractivity contribution in [3.05, 3.63) is 0 Å². The minimum absolute atomic E-state index is 0.117. The zero-order chi connectivity index (χ0) is 8.43. The van der Waals surface area contributed by atoms with E-state index < -0.39 is 17.9 Å². The highest BCUT2D eigenvalue weighted by molar-refractivity contribution is 5.86. The molecule has 1 atom stereocenters. The maximum absolute atomic E-state index is 10.9. The van der Waals surface area contributed by atoms with Crippen LogP contribution in [0.4, 0.5) is 0 Å². The average Bonchev–Trinajstić information content (AvgIpc) is 2.18. The van der Waals surface area contributed by atoms with E-state index in [1.54, 1.807) is 0 Å². The van der Waals surface area contributed by atoms with Gasteiger partial charge in [-0.3, -0.25) is 14.4 Å². The molecule has 0 bridgehead atoms. The summed E-state index contributed by atoms with van der Waals surface area (Å²) in [6.07, 6.45) is 0. The number of hydroxylamine groups is 2. The second-order valence-electron chi connectivity index (χ2n) is 2.24. The average molecular weight is 159 g/mol. The van der Waals surface area contributed by atoms with Crippen LogP contribution in [-0.4, -0.2) is 36.1 Å². The highest BCUT2D eigenvalue weighted by Gasteiger charge is 2.30. The molecule has 1 aliphatic rings. The lowest BCUT2D eigenvalue weighted by Crippen LogP contribution is -2.38. The van der Waals surface area contributed by atoms with Crippen LogP contribution < -0.4 is 11.5 Å². The van der Waals surface area contributed by atoms with Crippen LogP contribution in [0.15, 0.2) is 0 Å². The number of carbonyl (C=O) groups is 2. The third-order valence-electron chi connectivity index (χ3n) is 1.27. The zero-order valence-corrected chi connectivity index (χ0v) is 5.82. The SMILES string of the molecule is NC(=O)CN1OC[C@@H](N)C1=O. The number of amides is 2. The highest BCUT2D eigenvalue weighted by Crippen LogP contribution is 2.03. The fraction of sp³-hybridized carbons (Fsp3) is 0.600. The van der Waals surface area contributed by atoms with Gasteiger partial charge < -0.3 is 11.5 Å². The number of carbonyl (C=O) groups excluding carboxylic acids is 2. The molecular formula is C5H9N3O3. The molecule has 2 amide bonds. The molecule has 11 heavy (non-hydrogen) atoms. The minimum Gasteiger partial charge on any atom is -0.368 e. The monoisotopic (exact) mass is 159 g/mol. The van der Waals surface area contributed by atoms with Crippen molar-refractivity contribution in [2.24, 2.45) is 11.5 Å². The maximum Gasteiger partial charge on any atom is 0.265 e. The molecule has 1 rings (SSSR count). The van der Waals surface area contributed by atoms with Gasteiger partial charge in [0.25, 0.3) is 5.91 Å². The van der Waals surface area contributed by atoms with Gasteiger partial charge in [0, 0.05) is 0 Å². The third kappa shape index (κ3) is 1.66. The van der Waals surface area contributed by atoms with Crippen molar-refractivity contribution >= 4 is 11.8 Å². The Balaban J connectivity index is 2.49. The van der Waals surface area contributed by atoms with Crippen molar-refractivity contribution in [3.8, 4) is 0 Å².